The molecule has 0 bridgehead atoms. The number of hydrogen-bond donors (Lipinski definition) is 3. The van der Waals surface area contributed by atoms with Crippen LogP contribution in [0.4, 0.5) is 5.82 Å². The summed E-state index contributed by atoms with van der Waals surface area (Å²) in [6, 6.07) is 4.07. The molecule has 1 atom stereocenters. The average Bonchev–Trinajstić information content (AvgIpc) is 2.39. The van der Waals surface area contributed by atoms with Gasteiger partial charge < -0.3 is 10.6 Å². The first kappa shape index (κ1) is 15.9. The predicted octanol–water partition coefficient (Wildman–Crippen LogP) is 1.16. The van der Waals surface area contributed by atoms with Crippen LogP contribution in [0.3, 0.4) is 0 Å². The smallest absolute Gasteiger partial charge is 0.123 e. The van der Waals surface area contributed by atoms with Gasteiger partial charge in [-0.25, -0.2) is 4.98 Å². The Bertz CT molecular complexity index is 387. The van der Waals surface area contributed by atoms with Crippen LogP contribution in [0.2, 0.25) is 0 Å². The third-order valence-corrected chi connectivity index (χ3v) is 4.25. The maximum Gasteiger partial charge on any atom is 0.123 e. The molecule has 108 valence electrons. The van der Waals surface area contributed by atoms with Gasteiger partial charge in [-0.05, 0) is 51.1 Å². The Hall–Kier alpha value is -1.17. The molecule has 1 aromatic heterocycles. The molecule has 0 saturated heterocycles. The van der Waals surface area contributed by atoms with E-state index in [4.69, 9.17) is 11.6 Å². The maximum atomic E-state index is 5.81. The van der Waals surface area contributed by atoms with E-state index in [0.29, 0.717) is 5.82 Å². The summed E-state index contributed by atoms with van der Waals surface area (Å²) in [4.78, 5) is 6.29. The molecule has 0 fully saturated rings. The van der Waals surface area contributed by atoms with Crippen LogP contribution in [0.5, 0.6) is 0 Å². The fourth-order valence-electron chi connectivity index (χ4n) is 2.95. The number of nitrogens with one attached hydrogen (secondary N) is 1. The van der Waals surface area contributed by atoms with Crippen LogP contribution < -0.4 is 17.0 Å². The molecule has 0 saturated carbocycles. The second kappa shape index (κ2) is 6.84. The van der Waals surface area contributed by atoms with Crippen molar-refractivity contribution in [1.29, 1.82) is 0 Å². The van der Waals surface area contributed by atoms with Crippen molar-refractivity contribution in [3.8, 4) is 0 Å². The molecular weight excluding hydrogens is 238 g/mol. The van der Waals surface area contributed by atoms with Gasteiger partial charge in [0, 0.05) is 17.8 Å². The molecule has 0 amide bonds. The Morgan fingerprint density at radius 3 is 2.42 bits per heavy atom. The zero-order valence-electron chi connectivity index (χ0n) is 12.5. The lowest BCUT2D eigenvalue weighted by atomic mass is 9.80. The number of rotatable bonds is 7. The van der Waals surface area contributed by atoms with Gasteiger partial charge in [-0.3, -0.25) is 11.3 Å². The van der Waals surface area contributed by atoms with Crippen LogP contribution in [0.25, 0.3) is 0 Å². The van der Waals surface area contributed by atoms with E-state index in [0.717, 1.165) is 24.8 Å². The molecule has 0 aliphatic heterocycles. The highest BCUT2D eigenvalue weighted by atomic mass is 15.3. The first-order chi connectivity index (χ1) is 9.00. The highest BCUT2D eigenvalue weighted by Gasteiger charge is 2.37. The lowest BCUT2D eigenvalue weighted by Crippen LogP contribution is -2.61. The van der Waals surface area contributed by atoms with Crippen molar-refractivity contribution in [2.45, 2.75) is 44.7 Å². The molecule has 19 heavy (non-hydrogen) atoms. The second-order valence-corrected chi connectivity index (χ2v) is 5.22. The largest absolute Gasteiger partial charge is 0.384 e. The second-order valence-electron chi connectivity index (χ2n) is 5.22. The van der Waals surface area contributed by atoms with Crippen LogP contribution in [0.15, 0.2) is 18.3 Å². The van der Waals surface area contributed by atoms with Gasteiger partial charge in [-0.2, -0.15) is 0 Å². The minimum Gasteiger partial charge on any atom is -0.384 e. The molecule has 1 unspecified atom stereocenters. The minimum absolute atomic E-state index is 0.0345. The van der Waals surface area contributed by atoms with E-state index in [1.54, 1.807) is 6.20 Å². The van der Waals surface area contributed by atoms with E-state index in [9.17, 15) is 0 Å². The quantitative estimate of drug-likeness (QED) is 0.509. The average molecular weight is 265 g/mol. The third-order valence-electron chi connectivity index (χ3n) is 4.25. The number of anilines is 1. The Balaban J connectivity index is 2.98. The molecule has 0 aliphatic carbocycles. The number of likely N-dealkylation sites (N-methyl/N-ethyl adjacent to an activating group) is 1. The number of nitrogens with two attached hydrogens (primary N) is 2. The van der Waals surface area contributed by atoms with Crippen molar-refractivity contribution in [1.82, 2.24) is 15.3 Å². The summed E-state index contributed by atoms with van der Waals surface area (Å²) in [5.74, 6) is 6.36. The summed E-state index contributed by atoms with van der Waals surface area (Å²) in [5.41, 5.74) is 9.92. The zero-order valence-corrected chi connectivity index (χ0v) is 12.5. The van der Waals surface area contributed by atoms with E-state index in [-0.39, 0.29) is 11.6 Å². The van der Waals surface area contributed by atoms with Gasteiger partial charge in [0.1, 0.15) is 5.82 Å². The van der Waals surface area contributed by atoms with E-state index in [1.165, 1.54) is 0 Å². The number of hydrogen-bond acceptors (Lipinski definition) is 5. The molecule has 0 aliphatic rings. The standard InChI is InChI=1S/C14H27N5/c1-5-14(6-2,19(3)4)12(18-16)9-11-7-8-17-13(15)10-11/h7-8,10,12,18H,5-6,9,16H2,1-4H3,(H2,15,17). The first-order valence-corrected chi connectivity index (χ1v) is 6.84. The predicted molar refractivity (Wildman–Crippen MR) is 80.5 cm³/mol. The molecule has 1 rings (SSSR count). The molecular formula is C14H27N5. The van der Waals surface area contributed by atoms with Crippen LogP contribution in [-0.2, 0) is 6.42 Å². The van der Waals surface area contributed by atoms with E-state index in [2.05, 4.69) is 43.3 Å². The van der Waals surface area contributed by atoms with Crippen molar-refractivity contribution in [3.63, 3.8) is 0 Å². The van der Waals surface area contributed by atoms with Gasteiger partial charge in [-0.15, -0.1) is 0 Å². The van der Waals surface area contributed by atoms with Gasteiger partial charge in [-0.1, -0.05) is 13.8 Å². The van der Waals surface area contributed by atoms with E-state index < -0.39 is 0 Å². The van der Waals surface area contributed by atoms with Gasteiger partial charge in [0.15, 0.2) is 0 Å². The lowest BCUT2D eigenvalue weighted by molar-refractivity contribution is 0.0882. The molecule has 5 heteroatoms. The van der Waals surface area contributed by atoms with Gasteiger partial charge in [0.25, 0.3) is 0 Å². The summed E-state index contributed by atoms with van der Waals surface area (Å²) in [6.07, 6.45) is 4.65. The number of nitrogen functional groups attached to an aromatic ring is 1. The van der Waals surface area contributed by atoms with Crippen LogP contribution in [-0.4, -0.2) is 35.6 Å². The Labute approximate surface area is 116 Å². The van der Waals surface area contributed by atoms with Gasteiger partial charge in [0.2, 0.25) is 0 Å². The Kier molecular flexibility index (Phi) is 5.72. The SMILES string of the molecule is CCC(CC)(C(Cc1ccnc(N)c1)NN)N(C)C. The fraction of sp³-hybridized carbons (Fsp3) is 0.643. The van der Waals surface area contributed by atoms with Crippen molar-refractivity contribution in [3.05, 3.63) is 23.9 Å². The maximum absolute atomic E-state index is 5.81. The summed E-state index contributed by atoms with van der Waals surface area (Å²) in [7, 11) is 4.22. The molecule has 1 aromatic rings. The highest BCUT2D eigenvalue weighted by Crippen LogP contribution is 2.27. The van der Waals surface area contributed by atoms with Crippen LogP contribution in [0, 0.1) is 0 Å². The van der Waals surface area contributed by atoms with Gasteiger partial charge >= 0.3 is 0 Å². The Morgan fingerprint density at radius 1 is 1.37 bits per heavy atom. The van der Waals surface area contributed by atoms with Crippen LogP contribution in [0.1, 0.15) is 32.3 Å². The van der Waals surface area contributed by atoms with Crippen LogP contribution >= 0.6 is 0 Å². The van der Waals surface area contributed by atoms with Gasteiger partial charge in [0.05, 0.1) is 0 Å². The van der Waals surface area contributed by atoms with Crippen molar-refractivity contribution in [2.75, 3.05) is 19.8 Å². The number of aromatic nitrogens is 1. The Morgan fingerprint density at radius 2 is 2.00 bits per heavy atom. The third kappa shape index (κ3) is 3.43. The van der Waals surface area contributed by atoms with E-state index in [1.807, 2.05) is 12.1 Å². The van der Waals surface area contributed by atoms with Crippen molar-refractivity contribution < 1.29 is 0 Å². The number of pyridine rings is 1. The summed E-state index contributed by atoms with van der Waals surface area (Å²) < 4.78 is 0. The molecule has 0 spiro atoms. The lowest BCUT2D eigenvalue weighted by Gasteiger charge is -2.45. The molecule has 0 radical (unpaired) electrons. The molecule has 5 N–H and O–H groups in total. The highest BCUT2D eigenvalue weighted by molar-refractivity contribution is 5.32. The topological polar surface area (TPSA) is 80.2 Å². The number of hydrazine groups is 1. The van der Waals surface area contributed by atoms with E-state index >= 15 is 0 Å². The molecule has 0 aromatic carbocycles. The van der Waals surface area contributed by atoms with Crippen molar-refractivity contribution in [2.24, 2.45) is 5.84 Å². The normalized spacial score (nSPS) is 13.8. The molecule has 1 heterocycles. The fourth-order valence-corrected chi connectivity index (χ4v) is 2.95. The van der Waals surface area contributed by atoms with Crippen molar-refractivity contribution >= 4 is 5.82 Å². The zero-order chi connectivity index (χ0) is 14.5. The number of nitrogens with zero attached hydrogens (tertiary/aromatic N) is 2. The summed E-state index contributed by atoms with van der Waals surface area (Å²) in [6.45, 7) is 4.41. The summed E-state index contributed by atoms with van der Waals surface area (Å²) in [5, 5.41) is 0. The monoisotopic (exact) mass is 265 g/mol. The molecule has 5 nitrogen and oxygen atoms in total. The minimum atomic E-state index is 0.0345. The summed E-state index contributed by atoms with van der Waals surface area (Å²) >= 11 is 0. The first-order valence-electron chi connectivity index (χ1n) is 6.84.